The van der Waals surface area contributed by atoms with Crippen molar-refractivity contribution in [2.75, 3.05) is 0 Å². The molecule has 0 N–H and O–H groups in total. The highest BCUT2D eigenvalue weighted by Crippen LogP contribution is 2.51. The van der Waals surface area contributed by atoms with Crippen molar-refractivity contribution < 1.29 is 32.2 Å². The van der Waals surface area contributed by atoms with Crippen molar-refractivity contribution in [3.8, 4) is 44.9 Å². The van der Waals surface area contributed by atoms with E-state index in [1.807, 2.05) is 0 Å². The molecule has 0 spiro atoms. The van der Waals surface area contributed by atoms with Gasteiger partial charge in [0.2, 0.25) is 0 Å². The molecule has 1 aliphatic rings. The summed E-state index contributed by atoms with van der Waals surface area (Å²) in [6.45, 7) is 0. The van der Waals surface area contributed by atoms with Crippen LogP contribution in [-0.2, 0) is 0 Å². The molecule has 1 heteroatoms. The van der Waals surface area contributed by atoms with Crippen LogP contribution in [0, 0.1) is 0 Å². The van der Waals surface area contributed by atoms with Gasteiger partial charge in [0.1, 0.15) is 11.5 Å². The van der Waals surface area contributed by atoms with E-state index in [2.05, 4.69) is 0 Å². The summed E-state index contributed by atoms with van der Waals surface area (Å²) in [6.07, 6.45) is 0. The molecule has 7 aromatic carbocycles. The molecule has 0 radical (unpaired) electrons. The van der Waals surface area contributed by atoms with E-state index in [1.54, 1.807) is 0 Å². The molecule has 0 saturated heterocycles. The highest BCUT2D eigenvalue weighted by atomic mass is 16.5. The molecule has 0 atom stereocenters. The van der Waals surface area contributed by atoms with Gasteiger partial charge in [0, 0.05) is 10.9 Å². The molecule has 8 rings (SSSR count). The van der Waals surface area contributed by atoms with E-state index in [4.69, 9.17) is 23.9 Å². The maximum atomic E-state index is 9.55. The number of rotatable bonds is 2. The Balaban J connectivity index is 1.76. The van der Waals surface area contributed by atoms with Gasteiger partial charge >= 0.3 is 0 Å². The van der Waals surface area contributed by atoms with Gasteiger partial charge in [0.15, 0.2) is 0 Å². The lowest BCUT2D eigenvalue weighted by Gasteiger charge is -2.24. The molecule has 0 amide bonds. The van der Waals surface area contributed by atoms with Crippen LogP contribution in [0.5, 0.6) is 11.5 Å². The molecule has 1 nitrogen and oxygen atoms in total. The van der Waals surface area contributed by atoms with E-state index in [0.717, 1.165) is 12.1 Å². The van der Waals surface area contributed by atoms with Crippen molar-refractivity contribution in [2.24, 2.45) is 0 Å². The number of fused-ring (bicyclic) bond motifs is 4. The monoisotopic (exact) mass is 490 g/mol. The predicted molar refractivity (Wildman–Crippen MR) is 155 cm³/mol. The Kier molecular flexibility index (Phi) is 1.88. The molecule has 0 fully saturated rings. The summed E-state index contributed by atoms with van der Waals surface area (Å²) in [5.41, 5.74) is -2.40. The van der Waals surface area contributed by atoms with Crippen molar-refractivity contribution in [3.05, 3.63) is 133 Å². The molecule has 37 heavy (non-hydrogen) atoms. The van der Waals surface area contributed by atoms with Crippen LogP contribution in [0.1, 0.15) is 27.4 Å². The van der Waals surface area contributed by atoms with Crippen molar-refractivity contribution >= 4 is 32.3 Å². The number of para-hydroxylation sites is 1. The fourth-order valence-corrected chi connectivity index (χ4v) is 4.80. The van der Waals surface area contributed by atoms with E-state index in [1.165, 1.54) is 0 Å². The van der Waals surface area contributed by atoms with Crippen LogP contribution in [0.25, 0.3) is 65.7 Å². The fourth-order valence-electron chi connectivity index (χ4n) is 4.80. The number of ether oxygens (including phenoxy) is 1. The maximum Gasteiger partial charge on any atom is 0.135 e. The number of hydrogen-bond acceptors (Lipinski definition) is 1. The third-order valence-corrected chi connectivity index (χ3v) is 6.28. The Morgan fingerprint density at radius 2 is 1.03 bits per heavy atom. The molecule has 172 valence electrons. The van der Waals surface area contributed by atoms with Crippen LogP contribution in [0.3, 0.4) is 0 Å². The lowest BCUT2D eigenvalue weighted by molar-refractivity contribution is 0.487. The summed E-state index contributed by atoms with van der Waals surface area (Å²) in [5.74, 6) is -0.545. The first kappa shape index (κ1) is 8.90. The van der Waals surface area contributed by atoms with Gasteiger partial charge in [0.05, 0.1) is 27.4 Å². The summed E-state index contributed by atoms with van der Waals surface area (Å²) >= 11 is 0. The third-order valence-electron chi connectivity index (χ3n) is 6.28. The van der Waals surface area contributed by atoms with Gasteiger partial charge in [-0.3, -0.25) is 0 Å². The molecule has 1 aliphatic heterocycles. The zero-order chi connectivity index (χ0) is 41.8. The second kappa shape index (κ2) is 7.81. The molecular formula is C36H22O. The van der Waals surface area contributed by atoms with Gasteiger partial charge in [-0.25, -0.2) is 0 Å². The highest BCUT2D eigenvalue weighted by molar-refractivity contribution is 6.24. The lowest BCUT2D eigenvalue weighted by atomic mass is 9.83. The summed E-state index contributed by atoms with van der Waals surface area (Å²) in [4.78, 5) is 0. The van der Waals surface area contributed by atoms with Gasteiger partial charge in [-0.1, -0.05) is 121 Å². The first-order chi connectivity index (χ1) is 26.7. The van der Waals surface area contributed by atoms with Crippen LogP contribution in [0.2, 0.25) is 0 Å². The van der Waals surface area contributed by atoms with Crippen LogP contribution in [0.15, 0.2) is 133 Å². The highest BCUT2D eigenvalue weighted by Gasteiger charge is 2.23. The zero-order valence-electron chi connectivity index (χ0n) is 38.6. The summed E-state index contributed by atoms with van der Waals surface area (Å²) in [6, 6.07) is -12.6. The summed E-state index contributed by atoms with van der Waals surface area (Å²) in [5, 5.41) is -2.42. The Morgan fingerprint density at radius 3 is 1.76 bits per heavy atom. The summed E-state index contributed by atoms with van der Waals surface area (Å²) in [7, 11) is 0. The van der Waals surface area contributed by atoms with Crippen molar-refractivity contribution in [3.63, 3.8) is 0 Å². The van der Waals surface area contributed by atoms with Crippen molar-refractivity contribution in [1.82, 2.24) is 0 Å². The average Bonchev–Trinajstić information content (AvgIpc) is 3.18. The van der Waals surface area contributed by atoms with Gasteiger partial charge < -0.3 is 4.74 Å². The second-order valence-corrected chi connectivity index (χ2v) is 8.16. The van der Waals surface area contributed by atoms with Crippen LogP contribution >= 0.6 is 0 Å². The maximum absolute atomic E-state index is 9.55. The van der Waals surface area contributed by atoms with E-state index in [9.17, 15) is 8.22 Å². The van der Waals surface area contributed by atoms with E-state index >= 15 is 0 Å². The van der Waals surface area contributed by atoms with Crippen LogP contribution in [-0.4, -0.2) is 0 Å². The standard InChI is InChI=1S/C36H22O/c1-2-11-23(12-3-1)34-25-14-4-6-16-27(25)35(28-17-7-5-15-26(28)34)31-22-21-30-24-13-8-9-19-32(24)37-33-20-10-18-29(31)36(30)33/h1-22H/i1D,2D,3D,4D,5D,6D,7D,8D,9D,10D,11D,12D,13D,14D,15D,16D,17D,20D,21D,22D. The SMILES string of the molecule is [2H]c1cc2c(c([2H])c1[2H])-c1c([2H])c([2H])c(-c3c4c([2H])c([2H])c([2H])c([2H])c4c(-c4c([2H])c([2H])c([2H])c([2H])c4[2H])c4c([2H])c([2H])c([2H])c([2H])c34)c3cc([2H])c([2H])c(c13)O2. The minimum atomic E-state index is -0.850. The predicted octanol–water partition coefficient (Wildman–Crippen LogP) is 10.3. The first-order valence-corrected chi connectivity index (χ1v) is 11.1. The smallest absolute Gasteiger partial charge is 0.135 e. The van der Waals surface area contributed by atoms with Gasteiger partial charge in [-0.05, 0) is 66.9 Å². The van der Waals surface area contributed by atoms with Crippen LogP contribution in [0.4, 0.5) is 0 Å². The molecule has 0 aromatic heterocycles. The Morgan fingerprint density at radius 1 is 0.405 bits per heavy atom. The number of hydrogen-bond donors (Lipinski definition) is 0. The first-order valence-electron chi connectivity index (χ1n) is 21.1. The average molecular weight is 491 g/mol. The van der Waals surface area contributed by atoms with Crippen molar-refractivity contribution in [2.45, 2.75) is 0 Å². The molecular weight excluding hydrogens is 448 g/mol. The van der Waals surface area contributed by atoms with E-state index in [0.29, 0.717) is 0 Å². The molecule has 0 unspecified atom stereocenters. The van der Waals surface area contributed by atoms with Gasteiger partial charge in [0.25, 0.3) is 0 Å². The van der Waals surface area contributed by atoms with Gasteiger partial charge in [-0.2, -0.15) is 0 Å². The van der Waals surface area contributed by atoms with Crippen LogP contribution < -0.4 is 4.74 Å². The number of benzene rings is 7. The largest absolute Gasteiger partial charge is 0.456 e. The molecule has 1 heterocycles. The minimum Gasteiger partial charge on any atom is -0.456 e. The Hall–Kier alpha value is -4.88. The van der Waals surface area contributed by atoms with E-state index in [-0.39, 0.29) is 33.4 Å². The molecule has 0 bridgehead atoms. The lowest BCUT2D eigenvalue weighted by Crippen LogP contribution is -1.98. The molecule has 0 aliphatic carbocycles. The normalized spacial score (nSPS) is 19.6. The summed E-state index contributed by atoms with van der Waals surface area (Å²) < 4.78 is 182. The minimum absolute atomic E-state index is 0.136. The fraction of sp³-hybridized carbons (Fsp3) is 0. The van der Waals surface area contributed by atoms with E-state index < -0.39 is 165 Å². The quantitative estimate of drug-likeness (QED) is 0.219. The second-order valence-electron chi connectivity index (χ2n) is 8.16. The van der Waals surface area contributed by atoms with Gasteiger partial charge in [-0.15, -0.1) is 0 Å². The Bertz CT molecular complexity index is 2990. The molecule has 7 aromatic rings. The zero-order valence-corrected chi connectivity index (χ0v) is 18.6. The van der Waals surface area contributed by atoms with Crippen molar-refractivity contribution in [1.29, 1.82) is 0 Å². The Labute approximate surface area is 243 Å². The topological polar surface area (TPSA) is 9.23 Å². The molecule has 0 saturated carbocycles. The third kappa shape index (κ3) is 2.92.